The predicted octanol–water partition coefficient (Wildman–Crippen LogP) is 5.73. The maximum absolute atomic E-state index is 13.1. The minimum absolute atomic E-state index is 0.00924. The zero-order valence-electron chi connectivity index (χ0n) is 22.1. The number of benzene rings is 3. The standard InChI is InChI=1S/C29H25ClN2O8S/c1-3-37-21-7-5-4-6-20(21)31-27(33)15-38-22-9-8-17(10-23(22)36-2)11-26-28(34)32(29(35)41-26)14-18-12-24-25(13-19(18)30)40-16-39-24/h4-13H,3,14-16H2,1-2H3,(H,31,33)/b26-11+. The van der Waals surface area contributed by atoms with Crippen molar-refractivity contribution in [1.29, 1.82) is 0 Å². The van der Waals surface area contributed by atoms with Crippen LogP contribution in [0, 0.1) is 0 Å². The number of nitrogens with one attached hydrogen (secondary N) is 1. The summed E-state index contributed by atoms with van der Waals surface area (Å²) < 4.78 is 27.3. The van der Waals surface area contributed by atoms with Crippen molar-refractivity contribution in [1.82, 2.24) is 4.90 Å². The number of rotatable bonds is 10. The van der Waals surface area contributed by atoms with Crippen molar-refractivity contribution in [2.24, 2.45) is 0 Å². The lowest BCUT2D eigenvalue weighted by atomic mass is 10.1. The van der Waals surface area contributed by atoms with Crippen LogP contribution in [0.5, 0.6) is 28.7 Å². The number of amides is 3. The molecule has 2 aliphatic heterocycles. The smallest absolute Gasteiger partial charge is 0.293 e. The molecule has 0 saturated carbocycles. The first-order valence-electron chi connectivity index (χ1n) is 12.5. The molecular weight excluding hydrogens is 572 g/mol. The summed E-state index contributed by atoms with van der Waals surface area (Å²) in [5.41, 5.74) is 1.71. The number of methoxy groups -OCH3 is 1. The number of halogens is 1. The van der Waals surface area contributed by atoms with E-state index in [-0.39, 0.29) is 30.8 Å². The molecule has 0 aromatic heterocycles. The number of thioether (sulfide) groups is 1. The van der Waals surface area contributed by atoms with Crippen LogP contribution in [0.25, 0.3) is 6.08 Å². The summed E-state index contributed by atoms with van der Waals surface area (Å²) >= 11 is 7.17. The van der Waals surface area contributed by atoms with E-state index in [9.17, 15) is 14.4 Å². The molecule has 0 atom stereocenters. The molecule has 0 aliphatic carbocycles. The molecule has 0 spiro atoms. The quantitative estimate of drug-likeness (QED) is 0.293. The SMILES string of the molecule is CCOc1ccccc1NC(=O)COc1ccc(/C=C2/SC(=O)N(Cc3cc4c(cc3Cl)OCO4)C2=O)cc1OC. The monoisotopic (exact) mass is 596 g/mol. The van der Waals surface area contributed by atoms with E-state index in [4.69, 9.17) is 35.3 Å². The van der Waals surface area contributed by atoms with Crippen molar-refractivity contribution in [2.45, 2.75) is 13.5 Å². The van der Waals surface area contributed by atoms with Gasteiger partial charge < -0.3 is 29.0 Å². The highest BCUT2D eigenvalue weighted by Crippen LogP contribution is 2.40. The number of carbonyl (C=O) groups is 3. The van der Waals surface area contributed by atoms with Crippen molar-refractivity contribution < 1.29 is 38.1 Å². The Balaban J connectivity index is 1.24. The zero-order chi connectivity index (χ0) is 28.9. The summed E-state index contributed by atoms with van der Waals surface area (Å²) in [7, 11) is 1.47. The number of anilines is 1. The number of hydrogen-bond acceptors (Lipinski definition) is 9. The molecule has 2 heterocycles. The maximum atomic E-state index is 13.1. The molecule has 1 N–H and O–H groups in total. The van der Waals surface area contributed by atoms with Crippen LogP contribution in [0.2, 0.25) is 5.02 Å². The topological polar surface area (TPSA) is 113 Å². The molecule has 3 aromatic carbocycles. The number of nitrogens with zero attached hydrogens (tertiary/aromatic N) is 1. The van der Waals surface area contributed by atoms with Gasteiger partial charge in [-0.1, -0.05) is 29.8 Å². The second-order valence-corrected chi connectivity index (χ2v) is 10.1. The van der Waals surface area contributed by atoms with Crippen LogP contribution in [-0.2, 0) is 16.1 Å². The lowest BCUT2D eigenvalue weighted by molar-refractivity contribution is -0.123. The first kappa shape index (κ1) is 28.2. The summed E-state index contributed by atoms with van der Waals surface area (Å²) in [5, 5.41) is 2.72. The Kier molecular flexibility index (Phi) is 8.55. The van der Waals surface area contributed by atoms with Crippen molar-refractivity contribution >= 4 is 52.2 Å². The largest absolute Gasteiger partial charge is 0.493 e. The third-order valence-electron chi connectivity index (χ3n) is 6.05. The Morgan fingerprint density at radius 2 is 1.83 bits per heavy atom. The molecule has 3 aromatic rings. The van der Waals surface area contributed by atoms with Gasteiger partial charge in [0.15, 0.2) is 29.6 Å². The number of carbonyl (C=O) groups excluding carboxylic acids is 3. The van der Waals surface area contributed by atoms with Crippen molar-refractivity contribution in [3.63, 3.8) is 0 Å². The predicted molar refractivity (Wildman–Crippen MR) is 154 cm³/mol. The highest BCUT2D eigenvalue weighted by Gasteiger charge is 2.36. The number of imide groups is 1. The van der Waals surface area contributed by atoms with Crippen LogP contribution >= 0.6 is 23.4 Å². The van der Waals surface area contributed by atoms with Gasteiger partial charge in [-0.2, -0.15) is 0 Å². The summed E-state index contributed by atoms with van der Waals surface area (Å²) in [5.74, 6) is 1.46. The van der Waals surface area contributed by atoms with Gasteiger partial charge in [-0.05, 0) is 66.2 Å². The second kappa shape index (κ2) is 12.4. The van der Waals surface area contributed by atoms with Gasteiger partial charge in [-0.15, -0.1) is 0 Å². The van der Waals surface area contributed by atoms with E-state index in [1.807, 2.05) is 13.0 Å². The lowest BCUT2D eigenvalue weighted by Crippen LogP contribution is -2.27. The normalized spacial score (nSPS) is 14.9. The minimum Gasteiger partial charge on any atom is -0.493 e. The van der Waals surface area contributed by atoms with Crippen molar-refractivity contribution in [3.05, 3.63) is 75.7 Å². The molecule has 3 amide bonds. The van der Waals surface area contributed by atoms with E-state index in [2.05, 4.69) is 5.32 Å². The highest BCUT2D eigenvalue weighted by molar-refractivity contribution is 8.18. The number of para-hydroxylation sites is 2. The van der Waals surface area contributed by atoms with Gasteiger partial charge in [0.1, 0.15) is 5.75 Å². The molecule has 1 saturated heterocycles. The summed E-state index contributed by atoms with van der Waals surface area (Å²) in [6.07, 6.45) is 1.59. The fourth-order valence-electron chi connectivity index (χ4n) is 4.11. The van der Waals surface area contributed by atoms with Crippen LogP contribution in [0.4, 0.5) is 10.5 Å². The Labute approximate surface area is 245 Å². The van der Waals surface area contributed by atoms with E-state index in [1.54, 1.807) is 54.6 Å². The van der Waals surface area contributed by atoms with E-state index >= 15 is 0 Å². The van der Waals surface area contributed by atoms with Gasteiger partial charge in [0.2, 0.25) is 6.79 Å². The molecule has 2 aliphatic rings. The fraction of sp³-hybridized carbons (Fsp3) is 0.207. The minimum atomic E-state index is -0.447. The van der Waals surface area contributed by atoms with Crippen LogP contribution in [0.3, 0.4) is 0 Å². The lowest BCUT2D eigenvalue weighted by Gasteiger charge is -2.14. The van der Waals surface area contributed by atoms with Crippen LogP contribution < -0.4 is 29.0 Å². The van der Waals surface area contributed by atoms with E-state index < -0.39 is 11.1 Å². The maximum Gasteiger partial charge on any atom is 0.293 e. The van der Waals surface area contributed by atoms with Gasteiger partial charge in [0, 0.05) is 11.1 Å². The highest BCUT2D eigenvalue weighted by atomic mass is 35.5. The van der Waals surface area contributed by atoms with E-state index in [1.165, 1.54) is 7.11 Å². The van der Waals surface area contributed by atoms with Crippen LogP contribution in [0.1, 0.15) is 18.1 Å². The summed E-state index contributed by atoms with van der Waals surface area (Å²) in [6.45, 7) is 2.14. The zero-order valence-corrected chi connectivity index (χ0v) is 23.7. The van der Waals surface area contributed by atoms with Gasteiger partial charge in [-0.25, -0.2) is 0 Å². The van der Waals surface area contributed by atoms with Crippen molar-refractivity contribution in [2.75, 3.05) is 32.4 Å². The van der Waals surface area contributed by atoms with Crippen LogP contribution in [0.15, 0.2) is 59.5 Å². The average molecular weight is 597 g/mol. The number of fused-ring (bicyclic) bond motifs is 1. The summed E-state index contributed by atoms with van der Waals surface area (Å²) in [4.78, 5) is 39.6. The van der Waals surface area contributed by atoms with Gasteiger partial charge in [-0.3, -0.25) is 19.3 Å². The third kappa shape index (κ3) is 6.36. The Hall–Kier alpha value is -4.35. The average Bonchev–Trinajstić information content (AvgIpc) is 3.52. The molecule has 212 valence electrons. The molecule has 0 unspecified atom stereocenters. The van der Waals surface area contributed by atoms with E-state index in [0.29, 0.717) is 57.2 Å². The van der Waals surface area contributed by atoms with Gasteiger partial charge >= 0.3 is 0 Å². The van der Waals surface area contributed by atoms with E-state index in [0.717, 1.165) is 16.7 Å². The van der Waals surface area contributed by atoms with Gasteiger partial charge in [0.05, 0.1) is 30.9 Å². The fourth-order valence-corrected chi connectivity index (χ4v) is 5.16. The second-order valence-electron chi connectivity index (χ2n) is 8.74. The first-order chi connectivity index (χ1) is 19.9. The summed E-state index contributed by atoms with van der Waals surface area (Å²) in [6, 6.07) is 15.4. The van der Waals surface area contributed by atoms with Crippen LogP contribution in [-0.4, -0.2) is 49.1 Å². The van der Waals surface area contributed by atoms with Crippen molar-refractivity contribution in [3.8, 4) is 28.7 Å². The molecular formula is C29H25ClN2O8S. The Morgan fingerprint density at radius 3 is 2.61 bits per heavy atom. The molecule has 12 heteroatoms. The molecule has 0 bridgehead atoms. The number of hydrogen-bond donors (Lipinski definition) is 1. The molecule has 0 radical (unpaired) electrons. The number of ether oxygens (including phenoxy) is 5. The Bertz CT molecular complexity index is 1540. The molecule has 1 fully saturated rings. The van der Waals surface area contributed by atoms with Gasteiger partial charge in [0.25, 0.3) is 17.1 Å². The molecule has 5 rings (SSSR count). The molecule has 10 nitrogen and oxygen atoms in total. The third-order valence-corrected chi connectivity index (χ3v) is 7.31. The Morgan fingerprint density at radius 1 is 1.05 bits per heavy atom. The first-order valence-corrected chi connectivity index (χ1v) is 13.7. The molecule has 41 heavy (non-hydrogen) atoms.